The van der Waals surface area contributed by atoms with Gasteiger partial charge >= 0.3 is 0 Å². The Hall–Kier alpha value is -1.13. The highest BCUT2D eigenvalue weighted by Gasteiger charge is 2.38. The number of amides is 1. The maximum atomic E-state index is 12.9. The Morgan fingerprint density at radius 2 is 2.24 bits per heavy atom. The maximum absolute atomic E-state index is 12.9. The molecule has 2 rings (SSSR count). The first-order valence-electron chi connectivity index (χ1n) is 7.88. The van der Waals surface area contributed by atoms with Crippen molar-refractivity contribution in [2.75, 3.05) is 32.7 Å². The van der Waals surface area contributed by atoms with Crippen LogP contribution in [-0.4, -0.2) is 60.6 Å². The number of rotatable bonds is 5. The number of carbonyl (C=O) groups is 1. The summed E-state index contributed by atoms with van der Waals surface area (Å²) in [5.41, 5.74) is 9.58. The summed E-state index contributed by atoms with van der Waals surface area (Å²) in [4.78, 5) is 14.9. The second-order valence-corrected chi connectivity index (χ2v) is 5.73. The van der Waals surface area contributed by atoms with E-state index in [4.69, 9.17) is 6.42 Å². The molecule has 6 heteroatoms. The molecule has 2 heterocycles. The quantitative estimate of drug-likeness (QED) is 0.600. The summed E-state index contributed by atoms with van der Waals surface area (Å²) < 4.78 is 0. The Kier molecular flexibility index (Phi) is 6.00. The molecule has 3 atom stereocenters. The molecule has 3 unspecified atom stereocenters. The first-order valence-corrected chi connectivity index (χ1v) is 7.88. The lowest BCUT2D eigenvalue weighted by Gasteiger charge is -2.36. The molecule has 6 nitrogen and oxygen atoms in total. The SMILES string of the molecule is C#CCCN1NCC(C(=O)N(CC)C2CCNNC2)C1C. The number of nitrogens with zero attached hydrogens (tertiary/aromatic N) is 2. The number of terminal acetylenes is 1. The summed E-state index contributed by atoms with van der Waals surface area (Å²) in [5.74, 6) is 2.92. The third-order valence-electron chi connectivity index (χ3n) is 4.53. The third kappa shape index (κ3) is 3.74. The minimum atomic E-state index is 0.0117. The van der Waals surface area contributed by atoms with Crippen LogP contribution in [0.15, 0.2) is 0 Å². The first kappa shape index (κ1) is 16.2. The van der Waals surface area contributed by atoms with Crippen LogP contribution in [0.25, 0.3) is 0 Å². The average Bonchev–Trinajstić information content (AvgIpc) is 2.88. The molecule has 0 spiro atoms. The van der Waals surface area contributed by atoms with E-state index in [0.29, 0.717) is 13.0 Å². The van der Waals surface area contributed by atoms with Gasteiger partial charge in [-0.25, -0.2) is 5.01 Å². The van der Waals surface area contributed by atoms with Crippen LogP contribution in [0.1, 0.15) is 26.7 Å². The largest absolute Gasteiger partial charge is 0.338 e. The molecule has 21 heavy (non-hydrogen) atoms. The fourth-order valence-electron chi connectivity index (χ4n) is 3.20. The van der Waals surface area contributed by atoms with Crippen molar-refractivity contribution in [1.29, 1.82) is 0 Å². The zero-order valence-electron chi connectivity index (χ0n) is 13.1. The number of carbonyl (C=O) groups excluding carboxylic acids is 1. The lowest BCUT2D eigenvalue weighted by Crippen LogP contribution is -2.56. The summed E-state index contributed by atoms with van der Waals surface area (Å²) >= 11 is 0. The van der Waals surface area contributed by atoms with Crippen molar-refractivity contribution in [3.8, 4) is 12.3 Å². The van der Waals surface area contributed by atoms with Crippen LogP contribution in [0, 0.1) is 18.3 Å². The fraction of sp³-hybridized carbons (Fsp3) is 0.800. The molecule has 0 aliphatic carbocycles. The van der Waals surface area contributed by atoms with Crippen molar-refractivity contribution in [1.82, 2.24) is 26.2 Å². The molecule has 0 aromatic heterocycles. The van der Waals surface area contributed by atoms with Gasteiger partial charge in [0.05, 0.1) is 5.92 Å². The molecule has 2 aliphatic rings. The van der Waals surface area contributed by atoms with Gasteiger partial charge in [0, 0.05) is 51.2 Å². The van der Waals surface area contributed by atoms with E-state index in [1.54, 1.807) is 0 Å². The first-order chi connectivity index (χ1) is 10.2. The van der Waals surface area contributed by atoms with Gasteiger partial charge in [0.2, 0.25) is 5.91 Å². The Morgan fingerprint density at radius 1 is 1.43 bits per heavy atom. The van der Waals surface area contributed by atoms with Crippen LogP contribution < -0.4 is 16.3 Å². The van der Waals surface area contributed by atoms with Crippen molar-refractivity contribution in [2.45, 2.75) is 38.8 Å². The molecule has 2 aliphatic heterocycles. The number of likely N-dealkylation sites (N-methyl/N-ethyl adjacent to an activating group) is 1. The van der Waals surface area contributed by atoms with Gasteiger partial charge in [0.25, 0.3) is 0 Å². The summed E-state index contributed by atoms with van der Waals surface area (Å²) in [6.07, 6.45) is 7.03. The highest BCUT2D eigenvalue weighted by molar-refractivity contribution is 5.80. The van der Waals surface area contributed by atoms with E-state index < -0.39 is 0 Å². The summed E-state index contributed by atoms with van der Waals surface area (Å²) in [5, 5.41) is 2.11. The van der Waals surface area contributed by atoms with E-state index in [-0.39, 0.29) is 23.9 Å². The zero-order chi connectivity index (χ0) is 15.2. The van der Waals surface area contributed by atoms with Gasteiger partial charge in [0.1, 0.15) is 0 Å². The van der Waals surface area contributed by atoms with Crippen molar-refractivity contribution >= 4 is 5.91 Å². The molecule has 0 aromatic rings. The van der Waals surface area contributed by atoms with Crippen molar-refractivity contribution in [2.24, 2.45) is 5.92 Å². The summed E-state index contributed by atoms with van der Waals surface area (Å²) in [6, 6.07) is 0.477. The minimum absolute atomic E-state index is 0.0117. The second kappa shape index (κ2) is 7.76. The van der Waals surface area contributed by atoms with Crippen molar-refractivity contribution < 1.29 is 4.79 Å². The Balaban J connectivity index is 1.96. The molecule has 2 fully saturated rings. The molecule has 3 N–H and O–H groups in total. The highest BCUT2D eigenvalue weighted by atomic mass is 16.2. The Labute approximate surface area is 127 Å². The van der Waals surface area contributed by atoms with Gasteiger partial charge in [-0.2, -0.15) is 0 Å². The molecule has 1 amide bonds. The van der Waals surface area contributed by atoms with Gasteiger partial charge in [-0.05, 0) is 20.3 Å². The van der Waals surface area contributed by atoms with E-state index in [1.807, 2.05) is 4.90 Å². The Bertz CT molecular complexity index is 388. The minimum Gasteiger partial charge on any atom is -0.338 e. The van der Waals surface area contributed by atoms with Crippen LogP contribution >= 0.6 is 0 Å². The predicted molar refractivity (Wildman–Crippen MR) is 82.9 cm³/mol. The van der Waals surface area contributed by atoms with Gasteiger partial charge in [-0.15, -0.1) is 12.3 Å². The number of hydrazine groups is 2. The number of hydrogen-bond donors (Lipinski definition) is 3. The fourth-order valence-corrected chi connectivity index (χ4v) is 3.20. The molecule has 118 valence electrons. The van der Waals surface area contributed by atoms with Crippen molar-refractivity contribution in [3.63, 3.8) is 0 Å². The van der Waals surface area contributed by atoms with E-state index in [0.717, 1.165) is 32.6 Å². The van der Waals surface area contributed by atoms with Crippen LogP contribution in [0.3, 0.4) is 0 Å². The van der Waals surface area contributed by atoms with Crippen LogP contribution in [0.2, 0.25) is 0 Å². The summed E-state index contributed by atoms with van der Waals surface area (Å²) in [6.45, 7) is 8.15. The topological polar surface area (TPSA) is 59.6 Å². The molecule has 0 radical (unpaired) electrons. The van der Waals surface area contributed by atoms with Gasteiger partial charge in [-0.1, -0.05) is 0 Å². The van der Waals surface area contributed by atoms with Gasteiger partial charge in [-0.3, -0.25) is 21.1 Å². The standard InChI is InChI=1S/C15H27N5O/c1-4-6-9-20-12(3)14(11-18-20)15(21)19(5-2)13-7-8-16-17-10-13/h1,12-14,16-18H,5-11H2,2-3H3. The maximum Gasteiger partial charge on any atom is 0.228 e. The average molecular weight is 293 g/mol. The van der Waals surface area contributed by atoms with E-state index in [1.165, 1.54) is 0 Å². The molecule has 0 aromatic carbocycles. The van der Waals surface area contributed by atoms with Crippen LogP contribution in [0.5, 0.6) is 0 Å². The number of hydrogen-bond acceptors (Lipinski definition) is 5. The molecular formula is C15H27N5O. The third-order valence-corrected chi connectivity index (χ3v) is 4.53. The lowest BCUT2D eigenvalue weighted by molar-refractivity contribution is -0.138. The Morgan fingerprint density at radius 3 is 2.86 bits per heavy atom. The van der Waals surface area contributed by atoms with Crippen molar-refractivity contribution in [3.05, 3.63) is 0 Å². The zero-order valence-corrected chi connectivity index (χ0v) is 13.1. The van der Waals surface area contributed by atoms with Crippen LogP contribution in [0.4, 0.5) is 0 Å². The summed E-state index contributed by atoms with van der Waals surface area (Å²) in [7, 11) is 0. The highest BCUT2D eigenvalue weighted by Crippen LogP contribution is 2.21. The monoisotopic (exact) mass is 293 g/mol. The molecular weight excluding hydrogens is 266 g/mol. The normalized spacial score (nSPS) is 30.0. The smallest absolute Gasteiger partial charge is 0.228 e. The van der Waals surface area contributed by atoms with Crippen LogP contribution in [-0.2, 0) is 4.79 Å². The van der Waals surface area contributed by atoms with E-state index >= 15 is 0 Å². The predicted octanol–water partition coefficient (Wildman–Crippen LogP) is -0.450. The van der Waals surface area contributed by atoms with E-state index in [2.05, 4.69) is 41.1 Å². The van der Waals surface area contributed by atoms with Gasteiger partial charge in [0.15, 0.2) is 0 Å². The molecule has 0 saturated carbocycles. The lowest BCUT2D eigenvalue weighted by atomic mass is 9.99. The van der Waals surface area contributed by atoms with Gasteiger partial charge < -0.3 is 4.90 Å². The second-order valence-electron chi connectivity index (χ2n) is 5.73. The number of nitrogens with one attached hydrogen (secondary N) is 3. The van der Waals surface area contributed by atoms with E-state index in [9.17, 15) is 4.79 Å². The molecule has 0 bridgehead atoms. The molecule has 2 saturated heterocycles.